The molecule has 0 aliphatic rings. The van der Waals surface area contributed by atoms with Crippen molar-refractivity contribution >= 4 is 28.5 Å². The number of hydrogen-bond acceptors (Lipinski definition) is 5. The van der Waals surface area contributed by atoms with Gasteiger partial charge in [-0.05, 0) is 73.9 Å². The van der Waals surface area contributed by atoms with E-state index in [4.69, 9.17) is 9.47 Å². The summed E-state index contributed by atoms with van der Waals surface area (Å²) in [5.74, 6) is -0.789. The van der Waals surface area contributed by atoms with Crippen LogP contribution in [-0.4, -0.2) is 30.1 Å². The molecule has 7 heteroatoms. The second kappa shape index (κ2) is 10.7. The summed E-state index contributed by atoms with van der Waals surface area (Å²) < 4.78 is 24.2. The van der Waals surface area contributed by atoms with Gasteiger partial charge in [0.25, 0.3) is 0 Å². The van der Waals surface area contributed by atoms with Crippen molar-refractivity contribution in [2.45, 2.75) is 19.8 Å². The zero-order chi connectivity index (χ0) is 23.9. The first-order valence-electron chi connectivity index (χ1n) is 11.1. The van der Waals surface area contributed by atoms with Gasteiger partial charge in [-0.15, -0.1) is 0 Å². The van der Waals surface area contributed by atoms with E-state index >= 15 is 0 Å². The number of fused-ring (bicyclic) bond motifs is 1. The monoisotopic (exact) mass is 460 g/mol. The number of rotatable bonds is 9. The predicted molar refractivity (Wildman–Crippen MR) is 129 cm³/mol. The van der Waals surface area contributed by atoms with Crippen molar-refractivity contribution in [3.05, 3.63) is 95.4 Å². The number of halogens is 1. The zero-order valence-electron chi connectivity index (χ0n) is 18.8. The predicted octanol–water partition coefficient (Wildman–Crippen LogP) is 5.75. The molecular formula is C27H25FN2O4. The van der Waals surface area contributed by atoms with E-state index in [0.29, 0.717) is 42.0 Å². The van der Waals surface area contributed by atoms with Crippen LogP contribution in [0.1, 0.15) is 39.6 Å². The molecule has 4 aromatic rings. The maximum Gasteiger partial charge on any atom is 0.345 e. The van der Waals surface area contributed by atoms with Crippen molar-refractivity contribution in [1.82, 2.24) is 4.98 Å². The molecule has 3 aromatic carbocycles. The lowest BCUT2D eigenvalue weighted by Gasteiger charge is -2.08. The van der Waals surface area contributed by atoms with E-state index in [1.807, 2.05) is 24.3 Å². The molecule has 6 nitrogen and oxygen atoms in total. The van der Waals surface area contributed by atoms with Crippen molar-refractivity contribution in [2.75, 3.05) is 18.5 Å². The summed E-state index contributed by atoms with van der Waals surface area (Å²) in [5.41, 5.74) is 3.15. The molecule has 0 aliphatic heterocycles. The molecule has 0 bridgehead atoms. The summed E-state index contributed by atoms with van der Waals surface area (Å²) in [4.78, 5) is 27.6. The molecule has 1 aromatic heterocycles. The van der Waals surface area contributed by atoms with Crippen LogP contribution in [-0.2, 0) is 11.2 Å². The van der Waals surface area contributed by atoms with Gasteiger partial charge in [0, 0.05) is 29.3 Å². The summed E-state index contributed by atoms with van der Waals surface area (Å²) >= 11 is 0. The Kier molecular flexibility index (Phi) is 7.22. The summed E-state index contributed by atoms with van der Waals surface area (Å²) in [5, 5.41) is 4.06. The van der Waals surface area contributed by atoms with E-state index in [9.17, 15) is 14.0 Å². The topological polar surface area (TPSA) is 80.4 Å². The normalized spacial score (nSPS) is 10.8. The molecule has 0 unspecified atom stereocenters. The van der Waals surface area contributed by atoms with Crippen LogP contribution in [0.25, 0.3) is 10.9 Å². The van der Waals surface area contributed by atoms with E-state index in [1.54, 1.807) is 49.5 Å². The van der Waals surface area contributed by atoms with Crippen LogP contribution in [0.5, 0.6) is 5.75 Å². The highest BCUT2D eigenvalue weighted by Crippen LogP contribution is 2.24. The lowest BCUT2D eigenvalue weighted by atomic mass is 10.1. The Morgan fingerprint density at radius 3 is 2.56 bits per heavy atom. The number of carbonyl (C=O) groups is 2. The molecule has 2 N–H and O–H groups in total. The van der Waals surface area contributed by atoms with Gasteiger partial charge in [-0.25, -0.2) is 14.0 Å². The number of H-pyrrole nitrogens is 1. The average Bonchev–Trinajstić information content (AvgIpc) is 3.27. The third kappa shape index (κ3) is 5.43. The van der Waals surface area contributed by atoms with E-state index in [1.165, 1.54) is 6.07 Å². The van der Waals surface area contributed by atoms with Crippen LogP contribution < -0.4 is 10.1 Å². The number of benzene rings is 3. The quantitative estimate of drug-likeness (QED) is 0.189. The van der Waals surface area contributed by atoms with Gasteiger partial charge in [0.1, 0.15) is 11.6 Å². The molecule has 0 spiro atoms. The Bertz CT molecular complexity index is 1300. The van der Waals surface area contributed by atoms with E-state index in [-0.39, 0.29) is 5.82 Å². The molecule has 0 radical (unpaired) electrons. The molecule has 0 amide bonds. The lowest BCUT2D eigenvalue weighted by molar-refractivity contribution is 0.0526. The van der Waals surface area contributed by atoms with E-state index in [2.05, 4.69) is 10.3 Å². The largest absolute Gasteiger partial charge is 0.462 e. The second-order valence-corrected chi connectivity index (χ2v) is 7.72. The highest BCUT2D eigenvalue weighted by atomic mass is 19.1. The summed E-state index contributed by atoms with van der Waals surface area (Å²) in [7, 11) is 0. The second-order valence-electron chi connectivity index (χ2n) is 7.72. The highest BCUT2D eigenvalue weighted by Gasteiger charge is 2.15. The number of aromatic amines is 1. The van der Waals surface area contributed by atoms with Crippen molar-refractivity contribution < 1.29 is 23.5 Å². The Labute approximate surface area is 196 Å². The van der Waals surface area contributed by atoms with Gasteiger partial charge >= 0.3 is 11.9 Å². The van der Waals surface area contributed by atoms with Crippen LogP contribution in [0.3, 0.4) is 0 Å². The third-order valence-electron chi connectivity index (χ3n) is 5.39. The first-order chi connectivity index (χ1) is 16.5. The molecule has 0 atom stereocenters. The fraction of sp³-hybridized carbons (Fsp3) is 0.185. The lowest BCUT2D eigenvalue weighted by Crippen LogP contribution is -2.09. The number of anilines is 1. The number of aryl methyl sites for hydroxylation is 1. The Hall–Kier alpha value is -4.13. The van der Waals surface area contributed by atoms with Crippen molar-refractivity contribution in [2.24, 2.45) is 0 Å². The molecule has 34 heavy (non-hydrogen) atoms. The number of ether oxygens (including phenoxy) is 2. The van der Waals surface area contributed by atoms with Crippen molar-refractivity contribution in [1.29, 1.82) is 0 Å². The van der Waals surface area contributed by atoms with Crippen LogP contribution in [0.2, 0.25) is 0 Å². The van der Waals surface area contributed by atoms with Gasteiger partial charge in [0.05, 0.1) is 17.7 Å². The van der Waals surface area contributed by atoms with Gasteiger partial charge in [0.15, 0.2) is 0 Å². The summed E-state index contributed by atoms with van der Waals surface area (Å²) in [6.07, 6.45) is 3.02. The van der Waals surface area contributed by atoms with E-state index in [0.717, 1.165) is 23.0 Å². The van der Waals surface area contributed by atoms with Gasteiger partial charge < -0.3 is 19.8 Å². The fourth-order valence-electron chi connectivity index (χ4n) is 3.65. The molecule has 1 heterocycles. The van der Waals surface area contributed by atoms with Crippen LogP contribution in [0.15, 0.2) is 72.9 Å². The van der Waals surface area contributed by atoms with Crippen molar-refractivity contribution in [3.63, 3.8) is 0 Å². The summed E-state index contributed by atoms with van der Waals surface area (Å²) in [6.45, 7) is 2.69. The van der Waals surface area contributed by atoms with Crippen LogP contribution in [0, 0.1) is 5.82 Å². The van der Waals surface area contributed by atoms with Gasteiger partial charge in [-0.1, -0.05) is 18.2 Å². The molecule has 4 rings (SSSR count). The first kappa shape index (κ1) is 23.0. The summed E-state index contributed by atoms with van der Waals surface area (Å²) in [6, 6.07) is 18.7. The van der Waals surface area contributed by atoms with Gasteiger partial charge in [-0.2, -0.15) is 0 Å². The maximum atomic E-state index is 13.8. The van der Waals surface area contributed by atoms with Gasteiger partial charge in [-0.3, -0.25) is 0 Å². The molecular weight excluding hydrogens is 435 g/mol. The molecule has 174 valence electrons. The number of hydrogen-bond donors (Lipinski definition) is 2. The minimum atomic E-state index is -0.508. The standard InChI is InChI=1S/C27H25FN2O4/c1-2-33-26(31)19-9-12-21(13-10-19)34-27(32)23-17-30-25-14-11-20(16-22(23)25)29-15-5-7-18-6-3-4-8-24(18)28/h3-4,6,8-14,16-17,29-30H,2,5,7,15H2,1H3. The fourth-order valence-corrected chi connectivity index (χ4v) is 3.65. The van der Waals surface area contributed by atoms with Crippen LogP contribution >= 0.6 is 0 Å². The molecule has 0 aliphatic carbocycles. The van der Waals surface area contributed by atoms with Gasteiger partial charge in [0.2, 0.25) is 0 Å². The van der Waals surface area contributed by atoms with E-state index < -0.39 is 11.9 Å². The first-order valence-corrected chi connectivity index (χ1v) is 11.1. The minimum Gasteiger partial charge on any atom is -0.462 e. The number of carbonyl (C=O) groups excluding carboxylic acids is 2. The SMILES string of the molecule is CCOC(=O)c1ccc(OC(=O)c2c[nH]c3ccc(NCCCc4ccccc4F)cc23)cc1. The highest BCUT2D eigenvalue weighted by molar-refractivity contribution is 6.05. The average molecular weight is 461 g/mol. The number of aromatic nitrogens is 1. The minimum absolute atomic E-state index is 0.185. The van der Waals surface area contributed by atoms with Crippen molar-refractivity contribution in [3.8, 4) is 5.75 Å². The zero-order valence-corrected chi connectivity index (χ0v) is 18.8. The Balaban J connectivity index is 1.39. The molecule has 0 saturated carbocycles. The smallest absolute Gasteiger partial charge is 0.345 e. The molecule has 0 saturated heterocycles. The third-order valence-corrected chi connectivity index (χ3v) is 5.39. The van der Waals surface area contributed by atoms with Crippen LogP contribution in [0.4, 0.5) is 10.1 Å². The molecule has 0 fully saturated rings. The maximum absolute atomic E-state index is 13.8. The number of esters is 2. The Morgan fingerprint density at radius 2 is 1.79 bits per heavy atom. The number of nitrogens with one attached hydrogen (secondary N) is 2. The Morgan fingerprint density at radius 1 is 1.00 bits per heavy atom.